The Morgan fingerprint density at radius 2 is 2.31 bits per heavy atom. The SMILES string of the molecule is O=C([C@@H]1CCNC1)N1CC(CF)C1. The largest absolute Gasteiger partial charge is 0.342 e. The lowest BCUT2D eigenvalue weighted by Crippen LogP contribution is -2.53. The van der Waals surface area contributed by atoms with E-state index in [1.165, 1.54) is 0 Å². The number of hydrogen-bond donors (Lipinski definition) is 1. The van der Waals surface area contributed by atoms with Crippen LogP contribution in [0.4, 0.5) is 4.39 Å². The second kappa shape index (κ2) is 3.62. The van der Waals surface area contributed by atoms with Crippen molar-refractivity contribution in [2.45, 2.75) is 6.42 Å². The first kappa shape index (κ1) is 8.94. The van der Waals surface area contributed by atoms with Gasteiger partial charge in [-0.1, -0.05) is 0 Å². The van der Waals surface area contributed by atoms with Gasteiger partial charge in [0.15, 0.2) is 0 Å². The van der Waals surface area contributed by atoms with Crippen LogP contribution in [0, 0.1) is 11.8 Å². The van der Waals surface area contributed by atoms with Gasteiger partial charge in [-0.2, -0.15) is 0 Å². The fraction of sp³-hybridized carbons (Fsp3) is 0.889. The van der Waals surface area contributed by atoms with E-state index in [4.69, 9.17) is 0 Å². The van der Waals surface area contributed by atoms with Crippen molar-refractivity contribution in [2.75, 3.05) is 32.9 Å². The van der Waals surface area contributed by atoms with E-state index < -0.39 is 0 Å². The van der Waals surface area contributed by atoms with Crippen LogP contribution in [0.15, 0.2) is 0 Å². The van der Waals surface area contributed by atoms with Gasteiger partial charge in [-0.3, -0.25) is 9.18 Å². The summed E-state index contributed by atoms with van der Waals surface area (Å²) in [6.45, 7) is 2.72. The Morgan fingerprint density at radius 3 is 2.85 bits per heavy atom. The van der Waals surface area contributed by atoms with Crippen LogP contribution >= 0.6 is 0 Å². The Bertz CT molecular complexity index is 198. The lowest BCUT2D eigenvalue weighted by Gasteiger charge is -2.39. The average Bonchev–Trinajstić information content (AvgIpc) is 2.53. The summed E-state index contributed by atoms with van der Waals surface area (Å²) in [6.07, 6.45) is 0.940. The van der Waals surface area contributed by atoms with Crippen molar-refractivity contribution in [2.24, 2.45) is 11.8 Å². The van der Waals surface area contributed by atoms with Gasteiger partial charge < -0.3 is 10.2 Å². The molecule has 0 radical (unpaired) electrons. The number of hydrogen-bond acceptors (Lipinski definition) is 2. The van der Waals surface area contributed by atoms with Crippen LogP contribution < -0.4 is 5.32 Å². The molecule has 1 atom stereocenters. The summed E-state index contributed by atoms with van der Waals surface area (Å²) >= 11 is 0. The second-order valence-electron chi connectivity index (χ2n) is 3.95. The molecule has 13 heavy (non-hydrogen) atoms. The third kappa shape index (κ3) is 1.68. The molecule has 3 nitrogen and oxygen atoms in total. The smallest absolute Gasteiger partial charge is 0.227 e. The first-order valence-corrected chi connectivity index (χ1v) is 4.86. The fourth-order valence-corrected chi connectivity index (χ4v) is 1.97. The van der Waals surface area contributed by atoms with Gasteiger partial charge >= 0.3 is 0 Å². The van der Waals surface area contributed by atoms with Crippen molar-refractivity contribution in [1.29, 1.82) is 0 Å². The van der Waals surface area contributed by atoms with Gasteiger partial charge in [0.2, 0.25) is 5.91 Å². The Labute approximate surface area is 77.3 Å². The number of carbonyl (C=O) groups excluding carboxylic acids is 1. The molecule has 0 aromatic carbocycles. The molecule has 2 aliphatic heterocycles. The van der Waals surface area contributed by atoms with Crippen molar-refractivity contribution in [3.05, 3.63) is 0 Å². The number of rotatable bonds is 2. The Hall–Kier alpha value is -0.640. The molecule has 0 aromatic heterocycles. The van der Waals surface area contributed by atoms with Crippen LogP contribution in [-0.4, -0.2) is 43.7 Å². The summed E-state index contributed by atoms with van der Waals surface area (Å²) in [5, 5.41) is 3.16. The molecular weight excluding hydrogens is 171 g/mol. The Morgan fingerprint density at radius 1 is 1.54 bits per heavy atom. The molecule has 4 heteroatoms. The number of nitrogens with one attached hydrogen (secondary N) is 1. The molecule has 0 aliphatic carbocycles. The normalized spacial score (nSPS) is 29.0. The number of nitrogens with zero attached hydrogens (tertiary/aromatic N) is 1. The molecule has 0 spiro atoms. The number of amides is 1. The van der Waals surface area contributed by atoms with E-state index in [0.29, 0.717) is 13.1 Å². The third-order valence-corrected chi connectivity index (χ3v) is 2.90. The standard InChI is InChI=1S/C9H15FN2O/c10-3-7-5-12(6-7)9(13)8-1-2-11-4-8/h7-8,11H,1-6H2/t8-/m1/s1. The molecule has 74 valence electrons. The second-order valence-corrected chi connectivity index (χ2v) is 3.95. The maximum Gasteiger partial charge on any atom is 0.227 e. The van der Waals surface area contributed by atoms with E-state index in [0.717, 1.165) is 19.5 Å². The lowest BCUT2D eigenvalue weighted by atomic mass is 9.98. The van der Waals surface area contributed by atoms with E-state index in [9.17, 15) is 9.18 Å². The molecule has 0 unspecified atom stereocenters. The van der Waals surface area contributed by atoms with Gasteiger partial charge in [0.1, 0.15) is 0 Å². The molecule has 0 saturated carbocycles. The molecule has 1 N–H and O–H groups in total. The van der Waals surface area contributed by atoms with E-state index in [2.05, 4.69) is 5.32 Å². The highest BCUT2D eigenvalue weighted by molar-refractivity contribution is 5.80. The molecule has 2 rings (SSSR count). The van der Waals surface area contributed by atoms with E-state index in [1.54, 1.807) is 4.90 Å². The molecule has 0 aromatic rings. The number of carbonyl (C=O) groups is 1. The molecule has 2 aliphatic rings. The molecule has 1 amide bonds. The third-order valence-electron chi connectivity index (χ3n) is 2.90. The molecule has 2 saturated heterocycles. The van der Waals surface area contributed by atoms with Gasteiger partial charge in [-0.05, 0) is 13.0 Å². The maximum atomic E-state index is 12.1. The Kier molecular flexibility index (Phi) is 2.49. The minimum atomic E-state index is -0.285. The minimum absolute atomic E-state index is 0.110. The summed E-state index contributed by atoms with van der Waals surface area (Å²) in [5.74, 6) is 0.480. The van der Waals surface area contributed by atoms with Crippen LogP contribution in [0.2, 0.25) is 0 Å². The first-order valence-electron chi connectivity index (χ1n) is 4.86. The van der Waals surface area contributed by atoms with Crippen molar-refractivity contribution in [3.8, 4) is 0 Å². The molecule has 2 heterocycles. The lowest BCUT2D eigenvalue weighted by molar-refractivity contribution is -0.141. The van der Waals surface area contributed by atoms with Crippen molar-refractivity contribution >= 4 is 5.91 Å². The predicted octanol–water partition coefficient (Wildman–Crippen LogP) is 0.0238. The predicted molar refractivity (Wildman–Crippen MR) is 47.0 cm³/mol. The van der Waals surface area contributed by atoms with Gasteiger partial charge in [0.25, 0.3) is 0 Å². The van der Waals surface area contributed by atoms with Crippen LogP contribution in [0.25, 0.3) is 0 Å². The van der Waals surface area contributed by atoms with Crippen LogP contribution in [0.1, 0.15) is 6.42 Å². The molecule has 0 bridgehead atoms. The van der Waals surface area contributed by atoms with Gasteiger partial charge in [-0.25, -0.2) is 0 Å². The molecular formula is C9H15FN2O. The minimum Gasteiger partial charge on any atom is -0.342 e. The quantitative estimate of drug-likeness (QED) is 0.659. The number of halogens is 1. The van der Waals surface area contributed by atoms with Gasteiger partial charge in [0, 0.05) is 25.6 Å². The highest BCUT2D eigenvalue weighted by Gasteiger charge is 2.35. The van der Waals surface area contributed by atoms with Crippen LogP contribution in [0.3, 0.4) is 0 Å². The number of alkyl halides is 1. The fourth-order valence-electron chi connectivity index (χ4n) is 1.97. The summed E-state index contributed by atoms with van der Waals surface area (Å²) < 4.78 is 12.1. The summed E-state index contributed by atoms with van der Waals surface area (Å²) in [4.78, 5) is 13.4. The van der Waals surface area contributed by atoms with E-state index in [-0.39, 0.29) is 24.4 Å². The summed E-state index contributed by atoms with van der Waals surface area (Å²) in [7, 11) is 0. The van der Waals surface area contributed by atoms with Crippen molar-refractivity contribution in [3.63, 3.8) is 0 Å². The highest BCUT2D eigenvalue weighted by Crippen LogP contribution is 2.20. The molecule has 2 fully saturated rings. The van der Waals surface area contributed by atoms with Gasteiger partial charge in [-0.15, -0.1) is 0 Å². The van der Waals surface area contributed by atoms with Crippen molar-refractivity contribution < 1.29 is 9.18 Å². The van der Waals surface area contributed by atoms with Gasteiger partial charge in [0.05, 0.1) is 12.6 Å². The summed E-state index contributed by atoms with van der Waals surface area (Å²) in [5.41, 5.74) is 0. The Balaban J connectivity index is 1.78. The topological polar surface area (TPSA) is 32.3 Å². The first-order chi connectivity index (χ1) is 6.31. The monoisotopic (exact) mass is 186 g/mol. The zero-order chi connectivity index (χ0) is 9.26. The van der Waals surface area contributed by atoms with Crippen molar-refractivity contribution in [1.82, 2.24) is 10.2 Å². The van der Waals surface area contributed by atoms with Crippen LogP contribution in [0.5, 0.6) is 0 Å². The zero-order valence-corrected chi connectivity index (χ0v) is 7.63. The number of likely N-dealkylation sites (tertiary alicyclic amines) is 1. The van der Waals surface area contributed by atoms with Crippen LogP contribution in [-0.2, 0) is 4.79 Å². The average molecular weight is 186 g/mol. The van der Waals surface area contributed by atoms with E-state index in [1.807, 2.05) is 0 Å². The highest BCUT2D eigenvalue weighted by atomic mass is 19.1. The zero-order valence-electron chi connectivity index (χ0n) is 7.63. The van der Waals surface area contributed by atoms with E-state index >= 15 is 0 Å². The summed E-state index contributed by atoms with van der Waals surface area (Å²) in [6, 6.07) is 0. The maximum absolute atomic E-state index is 12.1.